The van der Waals surface area contributed by atoms with Crippen molar-refractivity contribution in [3.8, 4) is 0 Å². The van der Waals surface area contributed by atoms with E-state index in [2.05, 4.69) is 10.5 Å². The highest BCUT2D eigenvalue weighted by molar-refractivity contribution is 14.1. The number of oxime groups is 1. The number of nitrogens with zero attached hydrogens (tertiary/aromatic N) is 2. The lowest BCUT2D eigenvalue weighted by Gasteiger charge is -2.15. The van der Waals surface area contributed by atoms with Gasteiger partial charge in [-0.2, -0.15) is 0 Å². The highest BCUT2D eigenvalue weighted by Crippen LogP contribution is 2.30. The number of hydrogen-bond donors (Lipinski definition) is 3. The molecular formula is C20H20F3IN4O5. The van der Waals surface area contributed by atoms with Gasteiger partial charge in [0.1, 0.15) is 5.82 Å². The summed E-state index contributed by atoms with van der Waals surface area (Å²) in [6.45, 7) is -1.11. The summed E-state index contributed by atoms with van der Waals surface area (Å²) in [6.07, 6.45) is 0.780. The van der Waals surface area contributed by atoms with E-state index in [1.54, 1.807) is 0 Å². The summed E-state index contributed by atoms with van der Waals surface area (Å²) in [7, 11) is 2.99. The van der Waals surface area contributed by atoms with Crippen LogP contribution >= 0.6 is 22.6 Å². The Labute approximate surface area is 200 Å². The average Bonchev–Trinajstić information content (AvgIpc) is 2.77. The van der Waals surface area contributed by atoms with E-state index >= 15 is 0 Å². The minimum Gasteiger partial charge on any atom is -0.394 e. The van der Waals surface area contributed by atoms with Crippen LogP contribution < -0.4 is 10.8 Å². The number of carbonyl (C=O) groups is 2. The zero-order valence-corrected chi connectivity index (χ0v) is 19.7. The van der Waals surface area contributed by atoms with Crippen LogP contribution in [0.5, 0.6) is 0 Å². The van der Waals surface area contributed by atoms with Crippen LogP contribution in [-0.2, 0) is 14.5 Å². The molecule has 3 N–H and O–H groups in total. The van der Waals surface area contributed by atoms with E-state index in [9.17, 15) is 22.8 Å². The summed E-state index contributed by atoms with van der Waals surface area (Å²) in [5, 5.41) is 14.6. The molecule has 0 fully saturated rings. The zero-order valence-electron chi connectivity index (χ0n) is 17.5. The fourth-order valence-corrected chi connectivity index (χ4v) is 2.75. The van der Waals surface area contributed by atoms with Gasteiger partial charge in [-0.25, -0.2) is 18.7 Å². The van der Waals surface area contributed by atoms with Crippen LogP contribution in [0.2, 0.25) is 0 Å². The summed E-state index contributed by atoms with van der Waals surface area (Å²) < 4.78 is 44.4. The number of anilines is 2. The minimum absolute atomic E-state index is 0.203. The lowest BCUT2D eigenvalue weighted by atomic mass is 10.1. The van der Waals surface area contributed by atoms with E-state index in [1.165, 1.54) is 31.1 Å². The van der Waals surface area contributed by atoms with Gasteiger partial charge in [0.25, 0.3) is 11.8 Å². The average molecular weight is 580 g/mol. The van der Waals surface area contributed by atoms with Crippen LogP contribution in [0.3, 0.4) is 0 Å². The monoisotopic (exact) mass is 580 g/mol. The number of aliphatic hydroxyl groups is 1. The summed E-state index contributed by atoms with van der Waals surface area (Å²) in [4.78, 5) is 34.7. The minimum atomic E-state index is -1.49. The first-order valence-electron chi connectivity index (χ1n) is 9.28. The van der Waals surface area contributed by atoms with Crippen molar-refractivity contribution in [3.63, 3.8) is 0 Å². The Kier molecular flexibility index (Phi) is 9.87. The molecule has 9 nitrogen and oxygen atoms in total. The topological polar surface area (TPSA) is 112 Å². The van der Waals surface area contributed by atoms with E-state index in [1.807, 2.05) is 28.1 Å². The predicted octanol–water partition coefficient (Wildman–Crippen LogP) is 2.54. The lowest BCUT2D eigenvalue weighted by molar-refractivity contribution is -0.133. The molecule has 0 radical (unpaired) electrons. The molecule has 0 saturated heterocycles. The SMILES string of the molecule is CN(C)C(=O)CON=Cc1cc(C(=O)NOCCO)c(Nc2ccc(I)cc2F)c(F)c1F. The van der Waals surface area contributed by atoms with Gasteiger partial charge >= 0.3 is 0 Å². The van der Waals surface area contributed by atoms with Crippen LogP contribution in [0, 0.1) is 21.0 Å². The molecule has 13 heteroatoms. The lowest BCUT2D eigenvalue weighted by Crippen LogP contribution is -2.26. The van der Waals surface area contributed by atoms with Gasteiger partial charge in [-0.05, 0) is 46.9 Å². The van der Waals surface area contributed by atoms with Gasteiger partial charge < -0.3 is 20.2 Å². The van der Waals surface area contributed by atoms with Gasteiger partial charge in [0.2, 0.25) is 0 Å². The van der Waals surface area contributed by atoms with Crippen molar-refractivity contribution in [2.24, 2.45) is 5.16 Å². The summed E-state index contributed by atoms with van der Waals surface area (Å²) in [5.41, 5.74) is 0.183. The maximum absolute atomic E-state index is 14.9. The Morgan fingerprint density at radius 1 is 1.21 bits per heavy atom. The smallest absolute Gasteiger partial charge is 0.277 e. The molecule has 0 saturated carbocycles. The molecule has 0 heterocycles. The largest absolute Gasteiger partial charge is 0.394 e. The molecule has 0 unspecified atom stereocenters. The number of aliphatic hydroxyl groups excluding tert-OH is 1. The molecule has 0 aliphatic carbocycles. The van der Waals surface area contributed by atoms with Gasteiger partial charge in [0.05, 0.1) is 36.4 Å². The molecule has 2 amide bonds. The van der Waals surface area contributed by atoms with Crippen molar-refractivity contribution in [1.82, 2.24) is 10.4 Å². The second-order valence-electron chi connectivity index (χ2n) is 6.56. The van der Waals surface area contributed by atoms with Gasteiger partial charge in [-0.1, -0.05) is 5.16 Å². The first-order valence-corrected chi connectivity index (χ1v) is 10.4. The van der Waals surface area contributed by atoms with Crippen molar-refractivity contribution in [2.75, 3.05) is 39.2 Å². The van der Waals surface area contributed by atoms with E-state index in [4.69, 9.17) is 14.8 Å². The van der Waals surface area contributed by atoms with E-state index in [-0.39, 0.29) is 12.3 Å². The zero-order chi connectivity index (χ0) is 24.5. The first kappa shape index (κ1) is 26.3. The number of nitrogens with one attached hydrogen (secondary N) is 2. The number of hydroxylamine groups is 1. The van der Waals surface area contributed by atoms with Gasteiger partial charge in [-0.15, -0.1) is 0 Å². The van der Waals surface area contributed by atoms with Crippen molar-refractivity contribution < 1.29 is 37.5 Å². The molecule has 0 aliphatic heterocycles. The number of amides is 2. The molecule has 0 aliphatic rings. The number of benzene rings is 2. The third-order valence-electron chi connectivity index (χ3n) is 3.98. The Bertz CT molecular complexity index is 1050. The number of likely N-dealkylation sites (N-methyl/N-ethyl adjacent to an activating group) is 1. The third kappa shape index (κ3) is 7.30. The Hall–Kier alpha value is -2.91. The maximum Gasteiger partial charge on any atom is 0.277 e. The molecule has 0 spiro atoms. The molecule has 0 atom stereocenters. The van der Waals surface area contributed by atoms with Crippen molar-refractivity contribution >= 4 is 52.0 Å². The molecule has 2 rings (SSSR count). The highest BCUT2D eigenvalue weighted by atomic mass is 127. The normalized spacial score (nSPS) is 10.9. The third-order valence-corrected chi connectivity index (χ3v) is 4.65. The first-order chi connectivity index (χ1) is 15.6. The summed E-state index contributed by atoms with van der Waals surface area (Å²) in [6, 6.07) is 4.92. The maximum atomic E-state index is 14.9. The second-order valence-corrected chi connectivity index (χ2v) is 7.81. The molecule has 178 valence electrons. The fraction of sp³-hybridized carbons (Fsp3) is 0.250. The number of halogens is 4. The number of hydrogen-bond acceptors (Lipinski definition) is 7. The summed E-state index contributed by atoms with van der Waals surface area (Å²) >= 11 is 1.88. The molecule has 2 aromatic carbocycles. The van der Waals surface area contributed by atoms with Crippen LogP contribution in [0.15, 0.2) is 29.4 Å². The highest BCUT2D eigenvalue weighted by Gasteiger charge is 2.23. The molecule has 0 aromatic heterocycles. The molecular weight excluding hydrogens is 560 g/mol. The molecule has 2 aromatic rings. The Morgan fingerprint density at radius 3 is 2.58 bits per heavy atom. The predicted molar refractivity (Wildman–Crippen MR) is 122 cm³/mol. The van der Waals surface area contributed by atoms with Crippen molar-refractivity contribution in [1.29, 1.82) is 0 Å². The fourth-order valence-electron chi connectivity index (χ4n) is 2.30. The van der Waals surface area contributed by atoms with E-state index < -0.39 is 59.3 Å². The molecule has 0 bridgehead atoms. The van der Waals surface area contributed by atoms with Crippen molar-refractivity contribution in [3.05, 3.63) is 56.4 Å². The van der Waals surface area contributed by atoms with Crippen LogP contribution in [0.1, 0.15) is 15.9 Å². The van der Waals surface area contributed by atoms with E-state index in [0.717, 1.165) is 18.3 Å². The molecule has 33 heavy (non-hydrogen) atoms. The van der Waals surface area contributed by atoms with Crippen LogP contribution in [0.25, 0.3) is 0 Å². The Balaban J connectivity index is 2.41. The standard InChI is InChI=1S/C20H20F3IN4O5/c1-28(2)16(30)10-33-25-9-11-7-13(20(31)27-32-6-5-29)19(18(23)17(11)22)26-15-4-3-12(24)8-14(15)21/h3-4,7-9,26,29H,5-6,10H2,1-2H3,(H,27,31). The van der Waals surface area contributed by atoms with Gasteiger partial charge in [0, 0.05) is 23.2 Å². The quantitative estimate of drug-likeness (QED) is 0.173. The number of carbonyl (C=O) groups excluding carboxylic acids is 2. The van der Waals surface area contributed by atoms with Gasteiger partial charge in [0.15, 0.2) is 18.2 Å². The van der Waals surface area contributed by atoms with Gasteiger partial charge in [-0.3, -0.25) is 14.4 Å². The number of rotatable bonds is 10. The Morgan fingerprint density at radius 2 is 1.94 bits per heavy atom. The van der Waals surface area contributed by atoms with Crippen LogP contribution in [-0.4, -0.2) is 62.0 Å². The second kappa shape index (κ2) is 12.4. The summed E-state index contributed by atoms with van der Waals surface area (Å²) in [5.74, 6) is -5.07. The van der Waals surface area contributed by atoms with E-state index in [0.29, 0.717) is 3.57 Å². The van der Waals surface area contributed by atoms with Crippen LogP contribution in [0.4, 0.5) is 24.5 Å². The van der Waals surface area contributed by atoms with Crippen molar-refractivity contribution in [2.45, 2.75) is 0 Å².